The van der Waals surface area contributed by atoms with Crippen LogP contribution in [0.4, 0.5) is 0 Å². The number of rotatable bonds is 5. The van der Waals surface area contributed by atoms with Gasteiger partial charge in [-0.25, -0.2) is 0 Å². The summed E-state index contributed by atoms with van der Waals surface area (Å²) in [6.45, 7) is 7.52. The molecule has 1 atom stereocenters. The largest absolute Gasteiger partial charge is 0.389 e. The highest BCUT2D eigenvalue weighted by Gasteiger charge is 2.13. The number of β-amino-alcohol motifs (C(OH)–C–C–N with tert-alkyl or cyclic N) is 1. The summed E-state index contributed by atoms with van der Waals surface area (Å²) in [5.41, 5.74) is 0. The summed E-state index contributed by atoms with van der Waals surface area (Å²) in [4.78, 5) is 2.38. The van der Waals surface area contributed by atoms with Gasteiger partial charge in [-0.05, 0) is 39.8 Å². The maximum absolute atomic E-state index is 9.85. The molecule has 0 spiro atoms. The predicted molar refractivity (Wildman–Crippen MR) is 66.6 cm³/mol. The van der Waals surface area contributed by atoms with Gasteiger partial charge in [0.25, 0.3) is 0 Å². The summed E-state index contributed by atoms with van der Waals surface area (Å²) in [6.07, 6.45) is 6.50. The van der Waals surface area contributed by atoms with Crippen molar-refractivity contribution < 1.29 is 9.84 Å². The lowest BCUT2D eigenvalue weighted by atomic mass is 10.1. The highest BCUT2D eigenvalue weighted by molar-refractivity contribution is 4.67. The van der Waals surface area contributed by atoms with Crippen LogP contribution in [-0.2, 0) is 4.74 Å². The molecule has 1 N–H and O–H groups in total. The van der Waals surface area contributed by atoms with E-state index >= 15 is 0 Å². The molecule has 0 radical (unpaired) electrons. The molecule has 3 heteroatoms. The fraction of sp³-hybridized carbons (Fsp3) is 1.00. The zero-order chi connectivity index (χ0) is 11.8. The number of nitrogens with zero attached hydrogens (tertiary/aromatic N) is 1. The van der Waals surface area contributed by atoms with Crippen molar-refractivity contribution in [2.75, 3.05) is 26.2 Å². The number of ether oxygens (including phenoxy) is 1. The minimum atomic E-state index is -0.332. The third-order valence-corrected chi connectivity index (χ3v) is 3.04. The van der Waals surface area contributed by atoms with Crippen LogP contribution in [0.2, 0.25) is 0 Å². The van der Waals surface area contributed by atoms with Gasteiger partial charge in [-0.2, -0.15) is 0 Å². The highest BCUT2D eigenvalue weighted by atomic mass is 16.5. The second-order valence-electron chi connectivity index (χ2n) is 5.10. The van der Waals surface area contributed by atoms with Crippen molar-refractivity contribution in [2.45, 2.75) is 58.2 Å². The van der Waals surface area contributed by atoms with E-state index in [9.17, 15) is 5.11 Å². The average molecular weight is 229 g/mol. The van der Waals surface area contributed by atoms with E-state index in [1.165, 1.54) is 32.1 Å². The molecule has 1 aliphatic heterocycles. The molecule has 0 saturated carbocycles. The molecule has 0 amide bonds. The van der Waals surface area contributed by atoms with Crippen LogP contribution >= 0.6 is 0 Å². The van der Waals surface area contributed by atoms with Crippen LogP contribution in [0.3, 0.4) is 0 Å². The van der Waals surface area contributed by atoms with Crippen molar-refractivity contribution in [2.24, 2.45) is 0 Å². The molecule has 0 aromatic heterocycles. The fourth-order valence-electron chi connectivity index (χ4n) is 2.15. The van der Waals surface area contributed by atoms with Crippen LogP contribution in [0.15, 0.2) is 0 Å². The summed E-state index contributed by atoms with van der Waals surface area (Å²) in [5.74, 6) is 0. The van der Waals surface area contributed by atoms with E-state index in [-0.39, 0.29) is 12.2 Å². The highest BCUT2D eigenvalue weighted by Crippen LogP contribution is 2.10. The van der Waals surface area contributed by atoms with Crippen molar-refractivity contribution in [1.29, 1.82) is 0 Å². The standard InChI is InChI=1S/C13H27NO2/c1-12(2)16-11-13(15)10-14-8-6-4-3-5-7-9-14/h12-13,15H,3-11H2,1-2H3. The van der Waals surface area contributed by atoms with E-state index in [1.807, 2.05) is 13.8 Å². The van der Waals surface area contributed by atoms with Crippen molar-refractivity contribution >= 4 is 0 Å². The fourth-order valence-corrected chi connectivity index (χ4v) is 2.15. The van der Waals surface area contributed by atoms with Crippen molar-refractivity contribution in [3.63, 3.8) is 0 Å². The maximum Gasteiger partial charge on any atom is 0.0900 e. The van der Waals surface area contributed by atoms with Crippen LogP contribution in [0, 0.1) is 0 Å². The second kappa shape index (κ2) is 8.04. The Bertz CT molecular complexity index is 165. The van der Waals surface area contributed by atoms with Crippen molar-refractivity contribution in [3.8, 4) is 0 Å². The topological polar surface area (TPSA) is 32.7 Å². The van der Waals surface area contributed by atoms with Gasteiger partial charge >= 0.3 is 0 Å². The lowest BCUT2D eigenvalue weighted by Crippen LogP contribution is -2.37. The minimum Gasteiger partial charge on any atom is -0.389 e. The number of hydrogen-bond donors (Lipinski definition) is 1. The van der Waals surface area contributed by atoms with Gasteiger partial charge in [0, 0.05) is 6.54 Å². The Hall–Kier alpha value is -0.120. The molecule has 1 aliphatic rings. The first kappa shape index (κ1) is 13.9. The molecule has 1 saturated heterocycles. The minimum absolute atomic E-state index is 0.210. The molecule has 1 rings (SSSR count). The smallest absolute Gasteiger partial charge is 0.0900 e. The molecule has 96 valence electrons. The zero-order valence-corrected chi connectivity index (χ0v) is 10.8. The Kier molecular flexibility index (Phi) is 7.01. The Morgan fingerprint density at radius 2 is 1.62 bits per heavy atom. The van der Waals surface area contributed by atoms with Gasteiger partial charge < -0.3 is 14.7 Å². The second-order valence-corrected chi connectivity index (χ2v) is 5.10. The van der Waals surface area contributed by atoms with Gasteiger partial charge in [0.05, 0.1) is 18.8 Å². The molecule has 0 aromatic rings. The maximum atomic E-state index is 9.85. The molecule has 1 unspecified atom stereocenters. The summed E-state index contributed by atoms with van der Waals surface area (Å²) < 4.78 is 5.42. The lowest BCUT2D eigenvalue weighted by molar-refractivity contribution is -0.00923. The molecular weight excluding hydrogens is 202 g/mol. The van der Waals surface area contributed by atoms with Crippen LogP contribution in [-0.4, -0.2) is 48.5 Å². The number of hydrogen-bond acceptors (Lipinski definition) is 3. The average Bonchev–Trinajstić information content (AvgIpc) is 2.19. The van der Waals surface area contributed by atoms with Crippen LogP contribution < -0.4 is 0 Å². The summed E-state index contributed by atoms with van der Waals surface area (Å²) in [6, 6.07) is 0. The first-order valence-corrected chi connectivity index (χ1v) is 6.70. The molecular formula is C13H27NO2. The van der Waals surface area contributed by atoms with E-state index in [4.69, 9.17) is 4.74 Å². The van der Waals surface area contributed by atoms with Gasteiger partial charge in [-0.1, -0.05) is 19.3 Å². The van der Waals surface area contributed by atoms with E-state index < -0.39 is 0 Å². The van der Waals surface area contributed by atoms with Crippen molar-refractivity contribution in [3.05, 3.63) is 0 Å². The molecule has 0 aromatic carbocycles. The molecule has 1 fully saturated rings. The molecule has 0 aliphatic carbocycles. The van der Waals surface area contributed by atoms with Gasteiger partial charge in [0.15, 0.2) is 0 Å². The van der Waals surface area contributed by atoms with Crippen LogP contribution in [0.5, 0.6) is 0 Å². The molecule has 3 nitrogen and oxygen atoms in total. The molecule has 1 heterocycles. The first-order chi connectivity index (χ1) is 7.68. The Morgan fingerprint density at radius 1 is 1.06 bits per heavy atom. The van der Waals surface area contributed by atoms with Crippen LogP contribution in [0.1, 0.15) is 46.0 Å². The van der Waals surface area contributed by atoms with E-state index in [2.05, 4.69) is 4.90 Å². The first-order valence-electron chi connectivity index (χ1n) is 6.70. The predicted octanol–water partition coefficient (Wildman–Crippen LogP) is 2.04. The number of aliphatic hydroxyl groups is 1. The monoisotopic (exact) mass is 229 g/mol. The third kappa shape index (κ3) is 6.46. The van der Waals surface area contributed by atoms with E-state index in [0.717, 1.165) is 19.6 Å². The van der Waals surface area contributed by atoms with Crippen molar-refractivity contribution in [1.82, 2.24) is 4.90 Å². The van der Waals surface area contributed by atoms with Gasteiger partial charge in [0.1, 0.15) is 0 Å². The zero-order valence-electron chi connectivity index (χ0n) is 10.8. The summed E-state index contributed by atoms with van der Waals surface area (Å²) >= 11 is 0. The van der Waals surface area contributed by atoms with Crippen LogP contribution in [0.25, 0.3) is 0 Å². The van der Waals surface area contributed by atoms with Gasteiger partial charge in [-0.3, -0.25) is 0 Å². The molecule has 0 bridgehead atoms. The van der Waals surface area contributed by atoms with E-state index in [1.54, 1.807) is 0 Å². The Morgan fingerprint density at radius 3 is 2.19 bits per heavy atom. The normalized spacial score (nSPS) is 21.8. The number of likely N-dealkylation sites (tertiary alicyclic amines) is 1. The SMILES string of the molecule is CC(C)OCC(O)CN1CCCCCCC1. The summed E-state index contributed by atoms with van der Waals surface area (Å²) in [7, 11) is 0. The number of aliphatic hydroxyl groups excluding tert-OH is 1. The summed E-state index contributed by atoms with van der Waals surface area (Å²) in [5, 5.41) is 9.85. The lowest BCUT2D eigenvalue weighted by Gasteiger charge is -2.27. The Labute approximate surface area is 99.8 Å². The quantitative estimate of drug-likeness (QED) is 0.783. The van der Waals surface area contributed by atoms with E-state index in [0.29, 0.717) is 6.61 Å². The van der Waals surface area contributed by atoms with Gasteiger partial charge in [0.2, 0.25) is 0 Å². The Balaban J connectivity index is 2.17. The molecule has 16 heavy (non-hydrogen) atoms. The third-order valence-electron chi connectivity index (χ3n) is 3.04. The van der Waals surface area contributed by atoms with Gasteiger partial charge in [-0.15, -0.1) is 0 Å².